The third-order valence-corrected chi connectivity index (χ3v) is 8.72. The van der Waals surface area contributed by atoms with Crippen LogP contribution < -0.4 is 58.2 Å². The van der Waals surface area contributed by atoms with E-state index in [1.807, 2.05) is 0 Å². The minimum absolute atomic E-state index is 0. The molecule has 0 bridgehead atoms. The van der Waals surface area contributed by atoms with Crippen molar-refractivity contribution >= 4 is 55.0 Å². The fourth-order valence-corrected chi connectivity index (χ4v) is 6.99. The highest BCUT2D eigenvalue weighted by Crippen LogP contribution is 2.33. The molecule has 41 heavy (non-hydrogen) atoms. The summed E-state index contributed by atoms with van der Waals surface area (Å²) >= 11 is 0. The van der Waals surface area contributed by atoms with Gasteiger partial charge in [0.15, 0.2) is 0 Å². The molecular formula is C34H33Br2N5. The van der Waals surface area contributed by atoms with Gasteiger partial charge in [-0.3, -0.25) is 9.80 Å². The molecule has 7 heteroatoms. The zero-order valence-electron chi connectivity index (χ0n) is 22.9. The molecule has 0 radical (unpaired) electrons. The molecule has 2 aliphatic rings. The molecule has 1 N–H and O–H groups in total. The summed E-state index contributed by atoms with van der Waals surface area (Å²) in [4.78, 5) is 5.14. The van der Waals surface area contributed by atoms with E-state index < -0.39 is 0 Å². The maximum atomic E-state index is 3.77. The van der Waals surface area contributed by atoms with E-state index in [2.05, 4.69) is 121 Å². The fraction of sp³-hybridized carbons (Fsp3) is 0.235. The van der Waals surface area contributed by atoms with Crippen LogP contribution in [0.5, 0.6) is 0 Å². The van der Waals surface area contributed by atoms with Crippen LogP contribution in [-0.2, 0) is 13.1 Å². The fourth-order valence-electron chi connectivity index (χ4n) is 6.99. The molecule has 4 aromatic carbocycles. The molecule has 0 fully saturated rings. The quantitative estimate of drug-likeness (QED) is 0.137. The normalized spacial score (nSPS) is 14.0. The molecule has 5 nitrogen and oxygen atoms in total. The number of benzene rings is 4. The van der Waals surface area contributed by atoms with Crippen LogP contribution in [0.25, 0.3) is 43.4 Å². The van der Waals surface area contributed by atoms with Gasteiger partial charge in [-0.1, -0.05) is 72.8 Å². The van der Waals surface area contributed by atoms with Gasteiger partial charge < -0.3 is 39.3 Å². The molecule has 0 amide bonds. The average Bonchev–Trinajstić information content (AvgIpc) is 3.63. The van der Waals surface area contributed by atoms with Gasteiger partial charge in [0.1, 0.15) is 37.2 Å². The first-order valence-electron chi connectivity index (χ1n) is 14.3. The lowest BCUT2D eigenvalue weighted by molar-refractivity contribution is -0.643. The van der Waals surface area contributed by atoms with Crippen LogP contribution in [0.1, 0.15) is 0 Å². The van der Waals surface area contributed by atoms with E-state index in [9.17, 15) is 0 Å². The smallest absolute Gasteiger partial charge is 0.285 e. The Morgan fingerprint density at radius 3 is 1.29 bits per heavy atom. The Labute approximate surface area is 261 Å². The minimum atomic E-state index is 0. The van der Waals surface area contributed by atoms with Crippen LogP contribution in [0.2, 0.25) is 0 Å². The monoisotopic (exact) mass is 669 g/mol. The van der Waals surface area contributed by atoms with Crippen molar-refractivity contribution in [3.05, 3.63) is 97.1 Å². The van der Waals surface area contributed by atoms with E-state index >= 15 is 0 Å². The molecule has 0 saturated carbocycles. The zero-order valence-corrected chi connectivity index (χ0v) is 26.1. The maximum absolute atomic E-state index is 3.77. The molecular weight excluding hydrogens is 638 g/mol. The number of nitrogens with one attached hydrogen (secondary N) is 1. The largest absolute Gasteiger partial charge is 1.00 e. The average molecular weight is 671 g/mol. The topological polar surface area (TPSA) is 26.3 Å². The van der Waals surface area contributed by atoms with Gasteiger partial charge in [0.05, 0.1) is 23.9 Å². The lowest BCUT2D eigenvalue weighted by Gasteiger charge is -2.16. The molecule has 208 valence electrons. The van der Waals surface area contributed by atoms with E-state index in [1.165, 1.54) is 55.0 Å². The minimum Gasteiger partial charge on any atom is -1.00 e. The first-order chi connectivity index (χ1) is 19.4. The van der Waals surface area contributed by atoms with Crippen molar-refractivity contribution in [2.75, 3.05) is 49.1 Å². The van der Waals surface area contributed by atoms with Gasteiger partial charge in [-0.2, -0.15) is 0 Å². The molecule has 0 aliphatic carbocycles. The van der Waals surface area contributed by atoms with Gasteiger partial charge >= 0.3 is 0 Å². The van der Waals surface area contributed by atoms with Crippen LogP contribution in [0.4, 0.5) is 11.6 Å². The number of pyridine rings is 2. The SMILES string of the molecule is [Br-].[Br-].c1ccc2c(c1)c1[n+](c3ccccc23)CCN1CCNCCN1CC[n+]2c1c1ccccc1c1ccccc12. The van der Waals surface area contributed by atoms with Crippen molar-refractivity contribution in [3.8, 4) is 0 Å². The van der Waals surface area contributed by atoms with Gasteiger partial charge in [-0.15, -0.1) is 0 Å². The number of halogens is 2. The number of rotatable bonds is 6. The first kappa shape index (κ1) is 27.9. The maximum Gasteiger partial charge on any atom is 0.285 e. The second-order valence-electron chi connectivity index (χ2n) is 10.8. The summed E-state index contributed by atoms with van der Waals surface area (Å²) < 4.78 is 5.04. The van der Waals surface area contributed by atoms with Crippen LogP contribution in [0, 0.1) is 0 Å². The summed E-state index contributed by atoms with van der Waals surface area (Å²) in [5.41, 5.74) is 2.68. The number of nitrogens with zero attached hydrogens (tertiary/aromatic N) is 4. The van der Waals surface area contributed by atoms with Crippen molar-refractivity contribution in [2.45, 2.75) is 13.1 Å². The van der Waals surface area contributed by atoms with Crippen molar-refractivity contribution in [1.29, 1.82) is 0 Å². The summed E-state index contributed by atoms with van der Waals surface area (Å²) in [7, 11) is 0. The van der Waals surface area contributed by atoms with Crippen molar-refractivity contribution < 1.29 is 43.1 Å². The van der Waals surface area contributed by atoms with Crippen LogP contribution in [-0.4, -0.2) is 39.3 Å². The second kappa shape index (κ2) is 11.6. The summed E-state index contributed by atoms with van der Waals surface area (Å²) in [6.07, 6.45) is 0. The highest BCUT2D eigenvalue weighted by atomic mass is 79.9. The van der Waals surface area contributed by atoms with Crippen LogP contribution in [0.15, 0.2) is 97.1 Å². The number of hydrogen-bond acceptors (Lipinski definition) is 3. The highest BCUT2D eigenvalue weighted by molar-refractivity contribution is 6.09. The highest BCUT2D eigenvalue weighted by Gasteiger charge is 2.33. The number of hydrogen-bond donors (Lipinski definition) is 1. The molecule has 0 atom stereocenters. The number of fused-ring (bicyclic) bond motifs is 12. The molecule has 2 aromatic heterocycles. The van der Waals surface area contributed by atoms with Crippen molar-refractivity contribution in [1.82, 2.24) is 5.32 Å². The molecule has 2 aliphatic heterocycles. The summed E-state index contributed by atoms with van der Waals surface area (Å²) in [6.45, 7) is 8.21. The predicted octanol–water partition coefficient (Wildman–Crippen LogP) is -1.19. The van der Waals surface area contributed by atoms with Crippen molar-refractivity contribution in [2.24, 2.45) is 0 Å². The van der Waals surface area contributed by atoms with Gasteiger partial charge in [0, 0.05) is 34.6 Å². The second-order valence-corrected chi connectivity index (χ2v) is 10.8. The van der Waals surface area contributed by atoms with Gasteiger partial charge in [0.25, 0.3) is 11.6 Å². The molecule has 4 heterocycles. The van der Waals surface area contributed by atoms with E-state index in [0.29, 0.717) is 0 Å². The van der Waals surface area contributed by atoms with E-state index in [0.717, 1.165) is 52.4 Å². The Hall–Kier alpha value is -3.26. The Balaban J connectivity index is 0.00000151. The predicted molar refractivity (Wildman–Crippen MR) is 161 cm³/mol. The van der Waals surface area contributed by atoms with Crippen molar-refractivity contribution in [3.63, 3.8) is 0 Å². The molecule has 8 rings (SSSR count). The zero-order chi connectivity index (χ0) is 25.8. The Kier molecular flexibility index (Phi) is 7.86. The lowest BCUT2D eigenvalue weighted by Crippen LogP contribution is -3.00. The molecule has 0 unspecified atom stereocenters. The molecule has 0 saturated heterocycles. The number of anilines is 2. The van der Waals surface area contributed by atoms with E-state index in [-0.39, 0.29) is 34.0 Å². The first-order valence-corrected chi connectivity index (χ1v) is 14.3. The number of para-hydroxylation sites is 2. The summed E-state index contributed by atoms with van der Waals surface area (Å²) in [5, 5.41) is 11.9. The number of aromatic nitrogens is 2. The van der Waals surface area contributed by atoms with Gasteiger partial charge in [-0.05, 0) is 24.3 Å². The van der Waals surface area contributed by atoms with E-state index in [1.54, 1.807) is 0 Å². The van der Waals surface area contributed by atoms with E-state index in [4.69, 9.17) is 0 Å². The summed E-state index contributed by atoms with van der Waals surface area (Å²) in [6, 6.07) is 35.5. The molecule has 6 aromatic rings. The Morgan fingerprint density at radius 2 is 0.854 bits per heavy atom. The third-order valence-electron chi connectivity index (χ3n) is 8.72. The van der Waals surface area contributed by atoms with Crippen LogP contribution in [0.3, 0.4) is 0 Å². The summed E-state index contributed by atoms with van der Waals surface area (Å²) in [5.74, 6) is 2.74. The van der Waals surface area contributed by atoms with Crippen LogP contribution >= 0.6 is 0 Å². The Morgan fingerprint density at radius 1 is 0.488 bits per heavy atom. The molecule has 0 spiro atoms. The van der Waals surface area contributed by atoms with Gasteiger partial charge in [0.2, 0.25) is 0 Å². The standard InChI is InChI=1S/C34H33N5.2BrH/c1-3-13-29-25(9-1)27-11-5-7-15-31(27)38-23-21-36(33(29)38)19-17-35-18-20-37-22-24-39-32-16-8-6-12-28(32)26-10-2-4-14-30(26)34(37)39;;/h1-16,35H,17-24H2;2*1H/q+2;;/p-2. The lowest BCUT2D eigenvalue weighted by atomic mass is 10.1. The van der Waals surface area contributed by atoms with Gasteiger partial charge in [-0.25, -0.2) is 9.13 Å². The Bertz CT molecular complexity index is 1750. The third kappa shape index (κ3) is 4.55.